The molecule has 4 aliphatic rings. The Morgan fingerprint density at radius 3 is 2.24 bits per heavy atom. The van der Waals surface area contributed by atoms with Crippen LogP contribution in [0.15, 0.2) is 42.0 Å². The van der Waals surface area contributed by atoms with E-state index in [4.69, 9.17) is 11.6 Å². The standard InChI is InChI=1S/C23H21ClF6N2O/c24-16-5-6-17(23(28,29)30)18(11-16)31-7-9-32(10-8-31)19(33)21-12-20(21,13-21)14-1-3-15(4-2-14)22(25,26)27/h1-3,5-6,11,15H,4,7-10,12-13H2. The summed E-state index contributed by atoms with van der Waals surface area (Å²) >= 11 is 5.93. The van der Waals surface area contributed by atoms with Crippen LogP contribution in [0.2, 0.25) is 5.02 Å². The molecule has 1 saturated heterocycles. The van der Waals surface area contributed by atoms with Crippen LogP contribution in [-0.2, 0) is 11.0 Å². The van der Waals surface area contributed by atoms with E-state index >= 15 is 0 Å². The Balaban J connectivity index is 1.23. The summed E-state index contributed by atoms with van der Waals surface area (Å²) in [5, 5.41) is 0.206. The van der Waals surface area contributed by atoms with Gasteiger partial charge >= 0.3 is 12.4 Å². The largest absolute Gasteiger partial charge is 0.418 e. The van der Waals surface area contributed by atoms with Crippen molar-refractivity contribution in [2.24, 2.45) is 16.7 Å². The molecule has 1 aliphatic heterocycles. The van der Waals surface area contributed by atoms with Crippen molar-refractivity contribution < 1.29 is 31.1 Å². The van der Waals surface area contributed by atoms with Gasteiger partial charge in [0.15, 0.2) is 0 Å². The lowest BCUT2D eigenvalue weighted by Gasteiger charge is -2.37. The van der Waals surface area contributed by atoms with Gasteiger partial charge in [-0.05, 0) is 43.0 Å². The van der Waals surface area contributed by atoms with Gasteiger partial charge in [-0.2, -0.15) is 26.3 Å². The number of carbonyl (C=O) groups is 1. The predicted molar refractivity (Wildman–Crippen MR) is 111 cm³/mol. The van der Waals surface area contributed by atoms with Crippen LogP contribution in [0.3, 0.4) is 0 Å². The summed E-state index contributed by atoms with van der Waals surface area (Å²) in [6.45, 7) is 1.05. The van der Waals surface area contributed by atoms with E-state index < -0.39 is 29.2 Å². The van der Waals surface area contributed by atoms with Gasteiger partial charge in [-0.3, -0.25) is 4.79 Å². The van der Waals surface area contributed by atoms with Crippen LogP contribution in [0.5, 0.6) is 0 Å². The lowest BCUT2D eigenvalue weighted by atomic mass is 9.91. The Morgan fingerprint density at radius 2 is 1.70 bits per heavy atom. The maximum Gasteiger partial charge on any atom is 0.418 e. The number of carbonyl (C=O) groups excluding carboxylic acids is 1. The molecule has 1 unspecified atom stereocenters. The molecule has 2 saturated carbocycles. The third-order valence-corrected chi connectivity index (χ3v) is 7.76. The van der Waals surface area contributed by atoms with Crippen molar-refractivity contribution in [3.8, 4) is 0 Å². The second kappa shape index (κ2) is 7.17. The number of alkyl halides is 6. The van der Waals surface area contributed by atoms with Gasteiger partial charge < -0.3 is 9.80 Å². The molecule has 0 N–H and O–H groups in total. The highest BCUT2D eigenvalue weighted by Gasteiger charge is 2.88. The molecule has 5 rings (SSSR count). The molecule has 1 aromatic rings. The molecule has 1 amide bonds. The molecule has 0 spiro atoms. The van der Waals surface area contributed by atoms with Crippen LogP contribution in [-0.4, -0.2) is 43.2 Å². The van der Waals surface area contributed by atoms with Gasteiger partial charge in [0.2, 0.25) is 5.91 Å². The third-order valence-electron chi connectivity index (χ3n) is 7.53. The van der Waals surface area contributed by atoms with Crippen LogP contribution in [0.4, 0.5) is 32.0 Å². The minimum atomic E-state index is -4.51. The minimum Gasteiger partial charge on any atom is -0.367 e. The predicted octanol–water partition coefficient (Wildman–Crippen LogP) is 5.85. The molecular weight excluding hydrogens is 470 g/mol. The van der Waals surface area contributed by atoms with E-state index in [1.807, 2.05) is 0 Å². The lowest BCUT2D eigenvalue weighted by Crippen LogP contribution is -2.50. The molecule has 178 valence electrons. The number of allylic oxidation sites excluding steroid dienone is 4. The zero-order valence-corrected chi connectivity index (χ0v) is 18.2. The fourth-order valence-electron chi connectivity index (χ4n) is 5.40. The van der Waals surface area contributed by atoms with Crippen molar-refractivity contribution in [1.82, 2.24) is 4.90 Å². The smallest absolute Gasteiger partial charge is 0.367 e. The molecule has 33 heavy (non-hydrogen) atoms. The number of fused-ring (bicyclic) bond motifs is 1. The van der Waals surface area contributed by atoms with Crippen molar-refractivity contribution in [2.75, 3.05) is 31.1 Å². The molecule has 0 aromatic heterocycles. The van der Waals surface area contributed by atoms with Crippen LogP contribution in [0.1, 0.15) is 24.8 Å². The van der Waals surface area contributed by atoms with E-state index in [0.717, 1.165) is 11.6 Å². The summed E-state index contributed by atoms with van der Waals surface area (Å²) < 4.78 is 78.9. The first-order valence-electron chi connectivity index (χ1n) is 10.7. The SMILES string of the molecule is O=C(N1CCN(c2cc(Cl)ccc2C(F)(F)F)CC1)C12CC1(C1=CCC(C(F)(F)F)C=C1)C2. The summed E-state index contributed by atoms with van der Waals surface area (Å²) in [5.74, 6) is -1.53. The molecule has 1 aromatic carbocycles. The minimum absolute atomic E-state index is 0.00386. The van der Waals surface area contributed by atoms with Gasteiger partial charge in [0, 0.05) is 36.6 Å². The molecule has 1 atom stereocenters. The van der Waals surface area contributed by atoms with Crippen LogP contribution < -0.4 is 4.90 Å². The zero-order chi connectivity index (χ0) is 23.8. The highest BCUT2D eigenvalue weighted by molar-refractivity contribution is 6.30. The summed E-state index contributed by atoms with van der Waals surface area (Å²) in [7, 11) is 0. The normalized spacial score (nSPS) is 31.2. The molecule has 3 aliphatic carbocycles. The molecule has 10 heteroatoms. The van der Waals surface area contributed by atoms with E-state index in [-0.39, 0.29) is 54.6 Å². The summed E-state index contributed by atoms with van der Waals surface area (Å²) in [4.78, 5) is 16.5. The fraction of sp³-hybridized carbons (Fsp3) is 0.522. The molecule has 3 nitrogen and oxygen atoms in total. The quantitative estimate of drug-likeness (QED) is 0.496. The monoisotopic (exact) mass is 490 g/mol. The number of piperazine rings is 1. The van der Waals surface area contributed by atoms with Crippen molar-refractivity contribution >= 4 is 23.2 Å². The highest BCUT2D eigenvalue weighted by atomic mass is 35.5. The first-order chi connectivity index (χ1) is 15.4. The van der Waals surface area contributed by atoms with E-state index in [2.05, 4.69) is 0 Å². The lowest BCUT2D eigenvalue weighted by molar-refractivity contribution is -0.160. The van der Waals surface area contributed by atoms with Crippen molar-refractivity contribution in [2.45, 2.75) is 31.6 Å². The van der Waals surface area contributed by atoms with E-state index in [1.165, 1.54) is 24.3 Å². The van der Waals surface area contributed by atoms with Crippen molar-refractivity contribution in [3.63, 3.8) is 0 Å². The Bertz CT molecular complexity index is 1050. The molecular formula is C23H21ClF6N2O. The Labute approximate surface area is 191 Å². The van der Waals surface area contributed by atoms with Gasteiger partial charge in [-0.1, -0.05) is 29.8 Å². The van der Waals surface area contributed by atoms with Gasteiger partial charge in [0.1, 0.15) is 0 Å². The number of rotatable bonds is 3. The van der Waals surface area contributed by atoms with Gasteiger partial charge in [-0.25, -0.2) is 0 Å². The summed E-state index contributed by atoms with van der Waals surface area (Å²) in [6.07, 6.45) is -3.35. The van der Waals surface area contributed by atoms with Gasteiger partial charge in [0.05, 0.1) is 22.6 Å². The zero-order valence-electron chi connectivity index (χ0n) is 17.4. The number of nitrogens with zero attached hydrogens (tertiary/aromatic N) is 2. The third kappa shape index (κ3) is 3.63. The topological polar surface area (TPSA) is 23.6 Å². The Hall–Kier alpha value is -2.16. The van der Waals surface area contributed by atoms with Crippen molar-refractivity contribution in [1.29, 1.82) is 0 Å². The van der Waals surface area contributed by atoms with Gasteiger partial charge in [-0.15, -0.1) is 0 Å². The number of benzene rings is 1. The molecule has 0 radical (unpaired) electrons. The molecule has 3 fully saturated rings. The second-order valence-electron chi connectivity index (χ2n) is 9.36. The van der Waals surface area contributed by atoms with E-state index in [9.17, 15) is 31.1 Å². The fourth-order valence-corrected chi connectivity index (χ4v) is 5.57. The van der Waals surface area contributed by atoms with Crippen molar-refractivity contribution in [3.05, 3.63) is 52.6 Å². The Morgan fingerprint density at radius 1 is 1.03 bits per heavy atom. The number of amides is 1. The van der Waals surface area contributed by atoms with Crippen LogP contribution in [0.25, 0.3) is 0 Å². The Kier molecular flexibility index (Phi) is 4.91. The average Bonchev–Trinajstić information content (AvgIpc) is 3.60. The maximum absolute atomic E-state index is 13.4. The number of hydrogen-bond acceptors (Lipinski definition) is 2. The summed E-state index contributed by atoms with van der Waals surface area (Å²) in [5.41, 5.74) is -0.858. The number of halogens is 7. The van der Waals surface area contributed by atoms with Gasteiger partial charge in [0.25, 0.3) is 0 Å². The molecule has 0 bridgehead atoms. The van der Waals surface area contributed by atoms with E-state index in [1.54, 1.807) is 15.9 Å². The highest BCUT2D eigenvalue weighted by Crippen LogP contribution is 2.89. The summed E-state index contributed by atoms with van der Waals surface area (Å²) in [6, 6.07) is 3.47. The van der Waals surface area contributed by atoms with Crippen LogP contribution >= 0.6 is 11.6 Å². The number of hydrogen-bond donors (Lipinski definition) is 0. The second-order valence-corrected chi connectivity index (χ2v) is 9.80. The first kappa shape index (κ1) is 22.6. The number of anilines is 1. The molecule has 1 heterocycles. The maximum atomic E-state index is 13.4. The first-order valence-corrected chi connectivity index (χ1v) is 11.1. The van der Waals surface area contributed by atoms with Crippen LogP contribution in [0, 0.1) is 16.7 Å². The average molecular weight is 491 g/mol. The van der Waals surface area contributed by atoms with E-state index in [0.29, 0.717) is 12.8 Å².